The van der Waals surface area contributed by atoms with E-state index < -0.39 is 38.2 Å². The molecule has 0 bridgehead atoms. The second-order valence-electron chi connectivity index (χ2n) is 3.23. The van der Waals surface area contributed by atoms with Crippen molar-refractivity contribution in [2.24, 2.45) is 0 Å². The van der Waals surface area contributed by atoms with Crippen LogP contribution in [0.15, 0.2) is 0 Å². The quantitative estimate of drug-likeness (QED) is 0.248. The lowest BCUT2D eigenvalue weighted by Crippen LogP contribution is -2.47. The molecule has 0 unspecified atom stereocenters. The Morgan fingerprint density at radius 2 is 1.75 bits per heavy atom. The number of aliphatic hydroxyl groups is 3. The monoisotopic (exact) mass is 258 g/mol. The lowest BCUT2D eigenvalue weighted by atomic mass is 10.0. The fraction of sp³-hybridized carbons (Fsp3) is 0.857. The molecule has 0 radical (unpaired) electrons. The molecule has 0 aromatic rings. The number of ether oxygens (including phenoxy) is 1. The smallest absolute Gasteiger partial charge is 0.328 e. The van der Waals surface area contributed by atoms with Crippen LogP contribution in [0.2, 0.25) is 0 Å². The fourth-order valence-electron chi connectivity index (χ4n) is 1.05. The molecule has 0 aliphatic rings. The van der Waals surface area contributed by atoms with Crippen LogP contribution in [0, 0.1) is 0 Å². The average molecular weight is 258 g/mol. The molecule has 0 aromatic carbocycles. The van der Waals surface area contributed by atoms with Crippen LogP contribution in [-0.2, 0) is 14.1 Å². The molecule has 16 heavy (non-hydrogen) atoms. The third kappa shape index (κ3) is 5.13. The zero-order chi connectivity index (χ0) is 12.9. The van der Waals surface area contributed by atoms with Crippen LogP contribution < -0.4 is 0 Å². The molecule has 0 amide bonds. The van der Waals surface area contributed by atoms with Gasteiger partial charge in [-0.3, -0.25) is 4.57 Å². The van der Waals surface area contributed by atoms with E-state index >= 15 is 0 Å². The Morgan fingerprint density at radius 1 is 1.25 bits per heavy atom. The number of hydrogen-bond donors (Lipinski definition) is 5. The fourth-order valence-corrected chi connectivity index (χ4v) is 1.75. The molecule has 0 spiro atoms. The second kappa shape index (κ2) is 6.41. The molecule has 0 aromatic heterocycles. The van der Waals surface area contributed by atoms with Crippen molar-refractivity contribution in [2.75, 3.05) is 13.3 Å². The molecule has 0 fully saturated rings. The van der Waals surface area contributed by atoms with E-state index in [1.165, 1.54) is 0 Å². The van der Waals surface area contributed by atoms with Crippen LogP contribution in [0.3, 0.4) is 0 Å². The molecule has 0 aliphatic heterocycles. The zero-order valence-electron chi connectivity index (χ0n) is 8.50. The van der Waals surface area contributed by atoms with Gasteiger partial charge in [0.25, 0.3) is 0 Å². The highest BCUT2D eigenvalue weighted by atomic mass is 31.2. The van der Waals surface area contributed by atoms with Gasteiger partial charge in [0.15, 0.2) is 6.29 Å². The molecule has 8 nitrogen and oxygen atoms in total. The molecule has 9 heteroatoms. The van der Waals surface area contributed by atoms with E-state index in [4.69, 9.17) is 9.79 Å². The standard InChI is InChI=1S/C7H15O8P/c1-15-5(2-8)7(11)6(10)4(9)3-16(12,13)14/h2,4-7,9-11H,3H2,1H3,(H2,12,13,14)/t4-,5+,6-,7-/m1/s1. The molecule has 0 rings (SSSR count). The third-order valence-corrected chi connectivity index (χ3v) is 2.76. The van der Waals surface area contributed by atoms with E-state index in [1.807, 2.05) is 0 Å². The molecule has 5 N–H and O–H groups in total. The van der Waals surface area contributed by atoms with E-state index in [1.54, 1.807) is 0 Å². The summed E-state index contributed by atoms with van der Waals surface area (Å²) in [5.41, 5.74) is 0. The van der Waals surface area contributed by atoms with Crippen LogP contribution >= 0.6 is 7.60 Å². The van der Waals surface area contributed by atoms with Crippen LogP contribution in [-0.4, -0.2) is 69.1 Å². The van der Waals surface area contributed by atoms with Crippen LogP contribution in [0.1, 0.15) is 0 Å². The summed E-state index contributed by atoms with van der Waals surface area (Å²) < 4.78 is 15.0. The van der Waals surface area contributed by atoms with Gasteiger partial charge in [-0.2, -0.15) is 0 Å². The Bertz CT molecular complexity index is 263. The molecule has 4 atom stereocenters. The Kier molecular flexibility index (Phi) is 6.27. The van der Waals surface area contributed by atoms with Crippen molar-refractivity contribution in [3.8, 4) is 0 Å². The van der Waals surface area contributed by atoms with Gasteiger partial charge in [-0.1, -0.05) is 0 Å². The first kappa shape index (κ1) is 15.7. The summed E-state index contributed by atoms with van der Waals surface area (Å²) in [6.07, 6.45) is -7.68. The van der Waals surface area contributed by atoms with E-state index in [-0.39, 0.29) is 6.29 Å². The van der Waals surface area contributed by atoms with Crippen molar-refractivity contribution in [1.82, 2.24) is 0 Å². The van der Waals surface area contributed by atoms with Gasteiger partial charge in [0.2, 0.25) is 0 Å². The normalized spacial score (nSPS) is 19.9. The molecular weight excluding hydrogens is 243 g/mol. The second-order valence-corrected chi connectivity index (χ2v) is 4.93. The number of rotatable bonds is 7. The van der Waals surface area contributed by atoms with Gasteiger partial charge >= 0.3 is 7.60 Å². The van der Waals surface area contributed by atoms with E-state index in [2.05, 4.69) is 4.74 Å². The highest BCUT2D eigenvalue weighted by Gasteiger charge is 2.34. The summed E-state index contributed by atoms with van der Waals surface area (Å²) in [6, 6.07) is 0. The summed E-state index contributed by atoms with van der Waals surface area (Å²) in [5.74, 6) is 0. The van der Waals surface area contributed by atoms with Crippen molar-refractivity contribution in [3.63, 3.8) is 0 Å². The topological polar surface area (TPSA) is 145 Å². The van der Waals surface area contributed by atoms with Gasteiger partial charge in [-0.15, -0.1) is 0 Å². The molecule has 0 saturated carbocycles. The van der Waals surface area contributed by atoms with Gasteiger partial charge < -0.3 is 34.6 Å². The summed E-state index contributed by atoms with van der Waals surface area (Å²) in [4.78, 5) is 27.4. The lowest BCUT2D eigenvalue weighted by molar-refractivity contribution is -0.136. The maximum Gasteiger partial charge on any atom is 0.328 e. The summed E-state index contributed by atoms with van der Waals surface area (Å²) in [6.45, 7) is 0. The Labute approximate surface area is 91.6 Å². The van der Waals surface area contributed by atoms with Crippen molar-refractivity contribution in [3.05, 3.63) is 0 Å². The highest BCUT2D eigenvalue weighted by Crippen LogP contribution is 2.35. The van der Waals surface area contributed by atoms with Gasteiger partial charge in [-0.25, -0.2) is 0 Å². The van der Waals surface area contributed by atoms with Gasteiger partial charge in [-0.05, 0) is 0 Å². The number of carbonyl (C=O) groups is 1. The number of carbonyl (C=O) groups excluding carboxylic acids is 1. The summed E-state index contributed by atoms with van der Waals surface area (Å²) >= 11 is 0. The van der Waals surface area contributed by atoms with E-state index in [9.17, 15) is 24.7 Å². The highest BCUT2D eigenvalue weighted by molar-refractivity contribution is 7.51. The maximum absolute atomic E-state index is 10.5. The molecular formula is C7H15O8P. The van der Waals surface area contributed by atoms with Crippen LogP contribution in [0.4, 0.5) is 0 Å². The minimum absolute atomic E-state index is 0.206. The minimum atomic E-state index is -4.51. The zero-order valence-corrected chi connectivity index (χ0v) is 9.40. The lowest BCUT2D eigenvalue weighted by Gasteiger charge is -2.25. The van der Waals surface area contributed by atoms with Gasteiger partial charge in [0.1, 0.15) is 18.3 Å². The average Bonchev–Trinajstić information content (AvgIpc) is 2.15. The summed E-state index contributed by atoms with van der Waals surface area (Å²) in [7, 11) is -3.41. The Balaban J connectivity index is 4.47. The van der Waals surface area contributed by atoms with Gasteiger partial charge in [0, 0.05) is 7.11 Å². The van der Waals surface area contributed by atoms with E-state index in [0.29, 0.717) is 0 Å². The van der Waals surface area contributed by atoms with Crippen molar-refractivity contribution < 1.29 is 39.2 Å². The first-order valence-electron chi connectivity index (χ1n) is 4.29. The first-order chi connectivity index (χ1) is 7.22. The predicted molar refractivity (Wildman–Crippen MR) is 51.8 cm³/mol. The van der Waals surface area contributed by atoms with Crippen LogP contribution in [0.5, 0.6) is 0 Å². The van der Waals surface area contributed by atoms with Gasteiger partial charge in [0.05, 0.1) is 12.3 Å². The Morgan fingerprint density at radius 3 is 2.06 bits per heavy atom. The number of aldehydes is 1. The SMILES string of the molecule is CO[C@@H](C=O)[C@@H](O)[C@H](O)[C@H](O)CP(=O)(O)O. The molecule has 0 saturated heterocycles. The van der Waals surface area contributed by atoms with E-state index in [0.717, 1.165) is 7.11 Å². The summed E-state index contributed by atoms with van der Waals surface area (Å²) in [5, 5.41) is 27.8. The first-order valence-corrected chi connectivity index (χ1v) is 6.09. The largest absolute Gasteiger partial charge is 0.390 e. The minimum Gasteiger partial charge on any atom is -0.390 e. The molecule has 96 valence electrons. The maximum atomic E-state index is 10.5. The Hall–Kier alpha value is -0.340. The predicted octanol–water partition coefficient (Wildman–Crippen LogP) is -2.54. The number of aliphatic hydroxyl groups excluding tert-OH is 3. The number of methoxy groups -OCH3 is 1. The van der Waals surface area contributed by atoms with Crippen molar-refractivity contribution in [2.45, 2.75) is 24.4 Å². The molecule has 0 heterocycles. The van der Waals surface area contributed by atoms with Crippen molar-refractivity contribution >= 4 is 13.9 Å². The molecule has 0 aliphatic carbocycles. The number of hydrogen-bond acceptors (Lipinski definition) is 6. The van der Waals surface area contributed by atoms with Crippen LogP contribution in [0.25, 0.3) is 0 Å². The third-order valence-electron chi connectivity index (χ3n) is 1.91. The van der Waals surface area contributed by atoms with Crippen molar-refractivity contribution in [1.29, 1.82) is 0 Å².